The number of hydrogen-bond donors (Lipinski definition) is 2. The van der Waals surface area contributed by atoms with E-state index in [9.17, 15) is 9.59 Å². The highest BCUT2D eigenvalue weighted by Gasteiger charge is 2.11. The van der Waals surface area contributed by atoms with Crippen LogP contribution in [0, 0.1) is 5.92 Å². The number of carbonyl (C=O) groups excluding carboxylic acids is 2. The molecule has 6 nitrogen and oxygen atoms in total. The van der Waals surface area contributed by atoms with Gasteiger partial charge in [0.25, 0.3) is 5.91 Å². The van der Waals surface area contributed by atoms with Crippen molar-refractivity contribution in [2.75, 3.05) is 19.4 Å². The minimum absolute atomic E-state index is 0.140. The Bertz CT molecular complexity index is 772. The van der Waals surface area contributed by atoms with Gasteiger partial charge < -0.3 is 10.2 Å². The van der Waals surface area contributed by atoms with Crippen LogP contribution in [0.3, 0.4) is 0 Å². The molecule has 1 heterocycles. The van der Waals surface area contributed by atoms with Gasteiger partial charge >= 0.3 is 6.03 Å². The SMILES string of the molecule is CC(C)Cc1ccccc1CNC(=O)Nc1cc(C(=O)N(C)C)ccn1. The lowest BCUT2D eigenvalue weighted by molar-refractivity contribution is 0.0827. The zero-order valence-electron chi connectivity index (χ0n) is 15.7. The number of benzene rings is 1. The number of carbonyl (C=O) groups is 2. The van der Waals surface area contributed by atoms with Crippen molar-refractivity contribution in [1.82, 2.24) is 15.2 Å². The number of nitrogens with one attached hydrogen (secondary N) is 2. The van der Waals surface area contributed by atoms with Crippen LogP contribution in [-0.4, -0.2) is 35.9 Å². The maximum absolute atomic E-state index is 12.2. The van der Waals surface area contributed by atoms with Crippen molar-refractivity contribution in [2.45, 2.75) is 26.8 Å². The lowest BCUT2D eigenvalue weighted by Crippen LogP contribution is -2.29. The van der Waals surface area contributed by atoms with E-state index in [1.807, 2.05) is 18.2 Å². The Labute approximate surface area is 154 Å². The quantitative estimate of drug-likeness (QED) is 0.836. The van der Waals surface area contributed by atoms with Gasteiger partial charge in [-0.3, -0.25) is 10.1 Å². The Morgan fingerprint density at radius 3 is 2.46 bits per heavy atom. The predicted octanol–water partition coefficient (Wildman–Crippen LogP) is 3.30. The highest BCUT2D eigenvalue weighted by atomic mass is 16.2. The molecule has 0 fully saturated rings. The molecule has 0 spiro atoms. The van der Waals surface area contributed by atoms with Crippen LogP contribution in [0.25, 0.3) is 0 Å². The Kier molecular flexibility index (Phi) is 6.72. The first-order valence-corrected chi connectivity index (χ1v) is 8.66. The zero-order valence-corrected chi connectivity index (χ0v) is 15.7. The third-order valence-electron chi connectivity index (χ3n) is 3.84. The van der Waals surface area contributed by atoms with Crippen LogP contribution in [0.2, 0.25) is 0 Å². The maximum Gasteiger partial charge on any atom is 0.320 e. The van der Waals surface area contributed by atoms with Gasteiger partial charge in [0.1, 0.15) is 5.82 Å². The van der Waals surface area contributed by atoms with Crippen LogP contribution in [-0.2, 0) is 13.0 Å². The van der Waals surface area contributed by atoms with E-state index in [0.717, 1.165) is 12.0 Å². The molecule has 2 N–H and O–H groups in total. The highest BCUT2D eigenvalue weighted by molar-refractivity contribution is 5.95. The normalized spacial score (nSPS) is 10.5. The van der Waals surface area contributed by atoms with Crippen molar-refractivity contribution < 1.29 is 9.59 Å². The first-order chi connectivity index (χ1) is 12.4. The van der Waals surface area contributed by atoms with Crippen LogP contribution in [0.1, 0.15) is 35.3 Å². The molecule has 1 aromatic heterocycles. The van der Waals surface area contributed by atoms with Crippen LogP contribution in [0.4, 0.5) is 10.6 Å². The summed E-state index contributed by atoms with van der Waals surface area (Å²) in [6, 6.07) is 10.9. The number of hydrogen-bond acceptors (Lipinski definition) is 3. The maximum atomic E-state index is 12.2. The van der Waals surface area contributed by atoms with E-state index in [0.29, 0.717) is 23.8 Å². The molecule has 0 aliphatic heterocycles. The van der Waals surface area contributed by atoms with Crippen molar-refractivity contribution in [3.05, 3.63) is 59.3 Å². The van der Waals surface area contributed by atoms with E-state index >= 15 is 0 Å². The lowest BCUT2D eigenvalue weighted by atomic mass is 9.98. The molecule has 2 rings (SSSR count). The van der Waals surface area contributed by atoms with E-state index in [-0.39, 0.29) is 11.9 Å². The molecule has 6 heteroatoms. The fourth-order valence-electron chi connectivity index (χ4n) is 2.60. The van der Waals surface area contributed by atoms with Gasteiger partial charge in [-0.1, -0.05) is 38.1 Å². The van der Waals surface area contributed by atoms with Crippen molar-refractivity contribution in [3.63, 3.8) is 0 Å². The van der Waals surface area contributed by atoms with E-state index in [1.165, 1.54) is 16.7 Å². The van der Waals surface area contributed by atoms with Gasteiger partial charge in [0.05, 0.1) is 0 Å². The number of anilines is 1. The molecule has 0 radical (unpaired) electrons. The molecule has 26 heavy (non-hydrogen) atoms. The molecular formula is C20H26N4O2. The molecule has 0 bridgehead atoms. The molecule has 0 aliphatic carbocycles. The van der Waals surface area contributed by atoms with Crippen molar-refractivity contribution in [3.8, 4) is 0 Å². The number of urea groups is 1. The van der Waals surface area contributed by atoms with E-state index in [1.54, 1.807) is 26.2 Å². The summed E-state index contributed by atoms with van der Waals surface area (Å²) in [5.74, 6) is 0.746. The third-order valence-corrected chi connectivity index (χ3v) is 3.84. The Hall–Kier alpha value is -2.89. The minimum Gasteiger partial charge on any atom is -0.345 e. The van der Waals surface area contributed by atoms with Gasteiger partial charge in [0.2, 0.25) is 0 Å². The Balaban J connectivity index is 1.98. The fraction of sp³-hybridized carbons (Fsp3) is 0.350. The zero-order chi connectivity index (χ0) is 19.1. The van der Waals surface area contributed by atoms with Crippen LogP contribution in [0.15, 0.2) is 42.6 Å². The van der Waals surface area contributed by atoms with E-state index in [2.05, 4.69) is 35.5 Å². The van der Waals surface area contributed by atoms with Crippen molar-refractivity contribution in [2.24, 2.45) is 5.92 Å². The molecule has 0 aliphatic rings. The minimum atomic E-state index is -0.355. The second-order valence-electron chi connectivity index (χ2n) is 6.80. The van der Waals surface area contributed by atoms with Crippen LogP contribution >= 0.6 is 0 Å². The summed E-state index contributed by atoms with van der Waals surface area (Å²) >= 11 is 0. The summed E-state index contributed by atoms with van der Waals surface area (Å²) in [7, 11) is 3.36. The molecule has 0 saturated carbocycles. The number of nitrogens with zero attached hydrogens (tertiary/aromatic N) is 2. The molecule has 138 valence electrons. The van der Waals surface area contributed by atoms with Gasteiger partial charge in [-0.25, -0.2) is 9.78 Å². The number of pyridine rings is 1. The Morgan fingerprint density at radius 1 is 1.12 bits per heavy atom. The van der Waals surface area contributed by atoms with E-state index < -0.39 is 0 Å². The smallest absolute Gasteiger partial charge is 0.320 e. The summed E-state index contributed by atoms with van der Waals surface area (Å²) in [6.45, 7) is 4.78. The van der Waals surface area contributed by atoms with Gasteiger partial charge in [-0.15, -0.1) is 0 Å². The first kappa shape index (κ1) is 19.4. The summed E-state index contributed by atoms with van der Waals surface area (Å²) in [6.07, 6.45) is 2.47. The largest absolute Gasteiger partial charge is 0.345 e. The topological polar surface area (TPSA) is 74.3 Å². The standard InChI is InChI=1S/C20H26N4O2/c1-14(2)11-15-7-5-6-8-17(15)13-22-20(26)23-18-12-16(9-10-21-18)19(25)24(3)4/h5-10,12,14H,11,13H2,1-4H3,(H2,21,22,23,26). The summed E-state index contributed by atoms with van der Waals surface area (Å²) in [4.78, 5) is 29.7. The van der Waals surface area contributed by atoms with E-state index in [4.69, 9.17) is 0 Å². The summed E-state index contributed by atoms with van der Waals surface area (Å²) in [5, 5.41) is 5.52. The molecule has 0 saturated heterocycles. The average molecular weight is 354 g/mol. The Morgan fingerprint density at radius 2 is 1.81 bits per heavy atom. The number of rotatable bonds is 6. The summed E-state index contributed by atoms with van der Waals surface area (Å²) in [5.41, 5.74) is 2.81. The van der Waals surface area contributed by atoms with Gasteiger partial charge in [0.15, 0.2) is 0 Å². The number of amides is 3. The fourth-order valence-corrected chi connectivity index (χ4v) is 2.60. The predicted molar refractivity (Wildman–Crippen MR) is 103 cm³/mol. The average Bonchev–Trinajstić information content (AvgIpc) is 2.60. The summed E-state index contributed by atoms with van der Waals surface area (Å²) < 4.78 is 0. The second kappa shape index (κ2) is 8.99. The van der Waals surface area contributed by atoms with Gasteiger partial charge in [-0.05, 0) is 35.6 Å². The van der Waals surface area contributed by atoms with Crippen LogP contribution < -0.4 is 10.6 Å². The lowest BCUT2D eigenvalue weighted by Gasteiger charge is -2.13. The monoisotopic (exact) mass is 354 g/mol. The van der Waals surface area contributed by atoms with Gasteiger partial charge in [-0.2, -0.15) is 0 Å². The molecule has 0 atom stereocenters. The van der Waals surface area contributed by atoms with Crippen molar-refractivity contribution in [1.29, 1.82) is 0 Å². The molecule has 1 aromatic carbocycles. The third kappa shape index (κ3) is 5.58. The van der Waals surface area contributed by atoms with Crippen molar-refractivity contribution >= 4 is 17.8 Å². The second-order valence-corrected chi connectivity index (χ2v) is 6.80. The first-order valence-electron chi connectivity index (χ1n) is 8.66. The molecule has 2 aromatic rings. The van der Waals surface area contributed by atoms with Gasteiger partial charge in [0, 0.05) is 32.4 Å². The number of aromatic nitrogens is 1. The molecule has 0 unspecified atom stereocenters. The van der Waals surface area contributed by atoms with Crippen LogP contribution in [0.5, 0.6) is 0 Å². The highest BCUT2D eigenvalue weighted by Crippen LogP contribution is 2.14. The molecular weight excluding hydrogens is 328 g/mol. The molecule has 3 amide bonds.